The minimum absolute atomic E-state index is 0.0506. The van der Waals surface area contributed by atoms with E-state index in [2.05, 4.69) is 10.6 Å². The normalized spacial score (nSPS) is 13.8. The Morgan fingerprint density at radius 3 is 2.30 bits per heavy atom. The zero-order valence-electron chi connectivity index (χ0n) is 23.8. The van der Waals surface area contributed by atoms with Crippen molar-refractivity contribution < 1.29 is 19.3 Å². The zero-order valence-corrected chi connectivity index (χ0v) is 24.6. The summed E-state index contributed by atoms with van der Waals surface area (Å²) in [5, 5.41) is 16.3. The second-order valence-electron chi connectivity index (χ2n) is 9.95. The number of carbonyl (C=O) groups is 3. The van der Waals surface area contributed by atoms with Gasteiger partial charge in [0.15, 0.2) is 0 Å². The van der Waals surface area contributed by atoms with Gasteiger partial charge in [-0.3, -0.25) is 19.7 Å². The summed E-state index contributed by atoms with van der Waals surface area (Å²) in [5.74, 6) is -1.03. The number of nitro groups is 1. The molecule has 1 aliphatic heterocycles. The average Bonchev–Trinajstić information content (AvgIpc) is 3.42. The van der Waals surface area contributed by atoms with Crippen molar-refractivity contribution in [2.45, 2.75) is 37.0 Å². The molecule has 0 bridgehead atoms. The lowest BCUT2D eigenvalue weighted by atomic mass is 10.1. The molecule has 0 saturated carbocycles. The van der Waals surface area contributed by atoms with E-state index < -0.39 is 29.3 Å². The van der Waals surface area contributed by atoms with Crippen LogP contribution < -0.4 is 10.6 Å². The minimum atomic E-state index is -0.648. The van der Waals surface area contributed by atoms with Crippen LogP contribution in [0.3, 0.4) is 0 Å². The molecular weight excluding hydrogens is 566 g/mol. The zero-order chi connectivity index (χ0) is 30.7. The molecule has 10 nitrogen and oxygen atoms in total. The number of benzene rings is 3. The first-order valence-corrected chi connectivity index (χ1v) is 14.4. The van der Waals surface area contributed by atoms with E-state index in [9.17, 15) is 24.5 Å². The highest BCUT2D eigenvalue weighted by Crippen LogP contribution is 2.31. The van der Waals surface area contributed by atoms with Gasteiger partial charge in [-0.05, 0) is 86.0 Å². The highest BCUT2D eigenvalue weighted by atomic mass is 32.2. The lowest BCUT2D eigenvalue weighted by Crippen LogP contribution is -2.38. The maximum Gasteiger partial charge on any atom is 0.329 e. The molecule has 5 rings (SSSR count). The van der Waals surface area contributed by atoms with Gasteiger partial charge in [-0.1, -0.05) is 36.9 Å². The smallest absolute Gasteiger partial charge is 0.324 e. The number of amides is 4. The summed E-state index contributed by atoms with van der Waals surface area (Å²) in [6.07, 6.45) is 2.36. The van der Waals surface area contributed by atoms with Crippen LogP contribution in [-0.2, 0) is 16.0 Å². The monoisotopic (exact) mass is 595 g/mol. The molecule has 0 spiro atoms. The van der Waals surface area contributed by atoms with E-state index in [0.29, 0.717) is 5.69 Å². The second-order valence-corrected chi connectivity index (χ2v) is 11.1. The predicted octanol–water partition coefficient (Wildman–Crippen LogP) is 6.25. The van der Waals surface area contributed by atoms with Gasteiger partial charge in [0.25, 0.3) is 11.6 Å². The molecule has 1 aromatic heterocycles. The van der Waals surface area contributed by atoms with Gasteiger partial charge in [0.1, 0.15) is 12.2 Å². The van der Waals surface area contributed by atoms with Crippen LogP contribution in [0.25, 0.3) is 11.8 Å². The van der Waals surface area contributed by atoms with E-state index in [1.165, 1.54) is 23.9 Å². The summed E-state index contributed by atoms with van der Waals surface area (Å²) >= 11 is 1.50. The lowest BCUT2D eigenvalue weighted by molar-refractivity contribution is -0.384. The van der Waals surface area contributed by atoms with Crippen molar-refractivity contribution in [2.75, 3.05) is 11.9 Å². The molecule has 2 N–H and O–H groups in total. The molecule has 11 heteroatoms. The third kappa shape index (κ3) is 6.36. The number of para-hydroxylation sites is 1. The fourth-order valence-electron chi connectivity index (χ4n) is 4.92. The van der Waals surface area contributed by atoms with E-state index in [1.54, 1.807) is 24.3 Å². The first kappa shape index (κ1) is 29.3. The number of aromatic nitrogens is 1. The van der Waals surface area contributed by atoms with Gasteiger partial charge < -0.3 is 15.2 Å². The maximum absolute atomic E-state index is 13.1. The average molecular weight is 596 g/mol. The topological polar surface area (TPSA) is 127 Å². The Morgan fingerprint density at radius 1 is 1.00 bits per heavy atom. The number of nitrogens with zero attached hydrogens (tertiary/aromatic N) is 3. The van der Waals surface area contributed by atoms with Crippen LogP contribution in [0.5, 0.6) is 0 Å². The largest absolute Gasteiger partial charge is 0.329 e. The van der Waals surface area contributed by atoms with Gasteiger partial charge in [0, 0.05) is 44.7 Å². The van der Waals surface area contributed by atoms with E-state index >= 15 is 0 Å². The van der Waals surface area contributed by atoms with Crippen LogP contribution in [-0.4, -0.2) is 38.8 Å². The highest BCUT2D eigenvalue weighted by Gasteiger charge is 2.35. The third-order valence-electron chi connectivity index (χ3n) is 7.08. The molecule has 4 amide bonds. The van der Waals surface area contributed by atoms with Crippen molar-refractivity contribution in [1.29, 1.82) is 0 Å². The number of hydrogen-bond acceptors (Lipinski definition) is 6. The molecule has 0 atom stereocenters. The van der Waals surface area contributed by atoms with Crippen molar-refractivity contribution in [3.8, 4) is 5.69 Å². The molecule has 4 aromatic rings. The Balaban J connectivity index is 1.29. The quantitative estimate of drug-likeness (QED) is 0.102. The second kappa shape index (κ2) is 12.4. The van der Waals surface area contributed by atoms with Crippen molar-refractivity contribution in [3.63, 3.8) is 0 Å². The molecule has 3 aromatic carbocycles. The van der Waals surface area contributed by atoms with Crippen LogP contribution in [0.1, 0.15) is 29.4 Å². The summed E-state index contributed by atoms with van der Waals surface area (Å²) < 4.78 is 2.05. The Kier molecular flexibility index (Phi) is 8.44. The number of imide groups is 1. The number of nitro benzene ring substituents is 1. The summed E-state index contributed by atoms with van der Waals surface area (Å²) in [4.78, 5) is 51.6. The van der Waals surface area contributed by atoms with Gasteiger partial charge in [0.2, 0.25) is 5.91 Å². The number of carbonyl (C=O) groups excluding carboxylic acids is 3. The molecule has 0 radical (unpaired) electrons. The molecule has 0 unspecified atom stereocenters. The van der Waals surface area contributed by atoms with E-state index in [1.807, 2.05) is 73.9 Å². The lowest BCUT2D eigenvalue weighted by Gasteiger charge is -2.13. The first-order valence-electron chi connectivity index (χ1n) is 13.6. The molecule has 2 heterocycles. The number of urea groups is 1. The van der Waals surface area contributed by atoms with E-state index in [4.69, 9.17) is 0 Å². The van der Waals surface area contributed by atoms with Crippen LogP contribution >= 0.6 is 11.8 Å². The molecule has 1 fully saturated rings. The number of rotatable bonds is 9. The van der Waals surface area contributed by atoms with Crippen molar-refractivity contribution >= 4 is 47.1 Å². The SMILES string of the molecule is CCc1ccccc1NC(=O)CN1C(=O)N/C(=C/c2cc(C)n(-c3ccc(Sc4ccc([N+](=O)[O-])cc4)cc3)c2C)C1=O. The number of aryl methyl sites for hydroxylation is 2. The van der Waals surface area contributed by atoms with Crippen LogP contribution in [0.15, 0.2) is 94.4 Å². The number of hydrogen-bond donors (Lipinski definition) is 2. The Hall–Kier alpha value is -5.16. The van der Waals surface area contributed by atoms with Gasteiger partial charge >= 0.3 is 6.03 Å². The van der Waals surface area contributed by atoms with E-state index in [0.717, 1.165) is 49.3 Å². The van der Waals surface area contributed by atoms with E-state index in [-0.39, 0.29) is 11.4 Å². The van der Waals surface area contributed by atoms with Crippen molar-refractivity contribution in [2.24, 2.45) is 0 Å². The Morgan fingerprint density at radius 2 is 1.65 bits per heavy atom. The van der Waals surface area contributed by atoms with Gasteiger partial charge in [0.05, 0.1) is 4.92 Å². The van der Waals surface area contributed by atoms with Gasteiger partial charge in [-0.2, -0.15) is 0 Å². The summed E-state index contributed by atoms with van der Waals surface area (Å²) in [6.45, 7) is 5.46. The summed E-state index contributed by atoms with van der Waals surface area (Å²) in [7, 11) is 0. The predicted molar refractivity (Wildman–Crippen MR) is 165 cm³/mol. The number of nitrogens with one attached hydrogen (secondary N) is 2. The third-order valence-corrected chi connectivity index (χ3v) is 8.10. The molecular formula is C32H29N5O5S. The van der Waals surface area contributed by atoms with Gasteiger partial charge in [-0.25, -0.2) is 9.69 Å². The molecule has 43 heavy (non-hydrogen) atoms. The summed E-state index contributed by atoms with van der Waals surface area (Å²) in [6, 6.07) is 23.0. The molecule has 218 valence electrons. The standard InChI is InChI=1S/C32H29N5O5S/c1-4-22-7-5-6-8-28(22)33-30(38)19-35-31(39)29(34-32(35)40)18-23-17-20(2)36(21(23)3)24-9-13-26(14-10-24)43-27-15-11-25(12-16-27)37(41)42/h5-18H,4,19H2,1-3H3,(H,33,38)(H,34,40)/b29-18+. The maximum atomic E-state index is 13.1. The number of non-ortho nitro benzene ring substituents is 1. The Bertz CT molecular complexity index is 1760. The first-order chi connectivity index (χ1) is 20.6. The highest BCUT2D eigenvalue weighted by molar-refractivity contribution is 7.99. The summed E-state index contributed by atoms with van der Waals surface area (Å²) in [5.41, 5.74) is 5.24. The van der Waals surface area contributed by atoms with Crippen molar-refractivity contribution in [3.05, 3.63) is 117 Å². The van der Waals surface area contributed by atoms with Gasteiger partial charge in [-0.15, -0.1) is 0 Å². The number of anilines is 1. The van der Waals surface area contributed by atoms with Crippen LogP contribution in [0.4, 0.5) is 16.2 Å². The minimum Gasteiger partial charge on any atom is -0.324 e. The van der Waals surface area contributed by atoms with Crippen LogP contribution in [0, 0.1) is 24.0 Å². The van der Waals surface area contributed by atoms with Crippen molar-refractivity contribution in [1.82, 2.24) is 14.8 Å². The molecule has 1 aliphatic rings. The molecule has 0 aliphatic carbocycles. The Labute approximate surface area is 252 Å². The fraction of sp³-hybridized carbons (Fsp3) is 0.156. The van der Waals surface area contributed by atoms with Crippen LogP contribution in [0.2, 0.25) is 0 Å². The fourth-order valence-corrected chi connectivity index (χ4v) is 5.74. The molecule has 1 saturated heterocycles.